The van der Waals surface area contributed by atoms with E-state index in [0.717, 1.165) is 18.9 Å². The van der Waals surface area contributed by atoms with E-state index in [-0.39, 0.29) is 24.1 Å². The molecule has 1 fully saturated rings. The number of hydrogen-bond donors (Lipinski definition) is 2. The monoisotopic (exact) mass is 305 g/mol. The molecule has 2 N–H and O–H groups in total. The lowest BCUT2D eigenvalue weighted by molar-refractivity contribution is 0.0738. The van der Waals surface area contributed by atoms with Crippen LogP contribution in [0.1, 0.15) is 30.9 Å². The van der Waals surface area contributed by atoms with Gasteiger partial charge in [0.15, 0.2) is 0 Å². The van der Waals surface area contributed by atoms with Crippen LogP contribution in [0.15, 0.2) is 18.2 Å². The number of amides is 2. The van der Waals surface area contributed by atoms with E-state index in [4.69, 9.17) is 5.26 Å². The van der Waals surface area contributed by atoms with Gasteiger partial charge in [0.05, 0.1) is 17.7 Å². The topological polar surface area (TPSA) is 76.4 Å². The Morgan fingerprint density at radius 2 is 2.41 bits per heavy atom. The molecule has 118 valence electrons. The van der Waals surface area contributed by atoms with Crippen molar-refractivity contribution >= 4 is 6.03 Å². The zero-order chi connectivity index (χ0) is 16.1. The van der Waals surface area contributed by atoms with Crippen molar-refractivity contribution in [1.82, 2.24) is 10.2 Å². The minimum atomic E-state index is -0.500. The Labute approximate surface area is 129 Å². The number of nitrogens with zero attached hydrogens (tertiary/aromatic N) is 2. The first-order chi connectivity index (χ1) is 10.5. The molecule has 1 aromatic carbocycles. The van der Waals surface area contributed by atoms with Crippen LogP contribution in [-0.2, 0) is 6.54 Å². The van der Waals surface area contributed by atoms with Gasteiger partial charge in [0.1, 0.15) is 5.82 Å². The van der Waals surface area contributed by atoms with Crippen LogP contribution in [-0.4, -0.2) is 35.2 Å². The Kier molecular flexibility index (Phi) is 5.34. The summed E-state index contributed by atoms with van der Waals surface area (Å²) in [5.41, 5.74) is 0.597. The number of rotatable bonds is 3. The van der Waals surface area contributed by atoms with Crippen molar-refractivity contribution < 1.29 is 14.3 Å². The fraction of sp³-hybridized carbons (Fsp3) is 0.500. The van der Waals surface area contributed by atoms with Crippen molar-refractivity contribution in [3.05, 3.63) is 35.1 Å². The number of benzene rings is 1. The van der Waals surface area contributed by atoms with E-state index in [9.17, 15) is 14.3 Å². The summed E-state index contributed by atoms with van der Waals surface area (Å²) in [4.78, 5) is 13.8. The second kappa shape index (κ2) is 7.23. The number of hydrogen-bond acceptors (Lipinski definition) is 3. The second-order valence-corrected chi connectivity index (χ2v) is 5.67. The second-order valence-electron chi connectivity index (χ2n) is 5.67. The molecule has 5 nitrogen and oxygen atoms in total. The summed E-state index contributed by atoms with van der Waals surface area (Å²) >= 11 is 0. The zero-order valence-corrected chi connectivity index (χ0v) is 12.6. The van der Waals surface area contributed by atoms with Gasteiger partial charge in [-0.1, -0.05) is 6.07 Å². The van der Waals surface area contributed by atoms with Crippen LogP contribution in [0, 0.1) is 23.1 Å². The average Bonchev–Trinajstić information content (AvgIpc) is 2.53. The van der Waals surface area contributed by atoms with Gasteiger partial charge in [-0.3, -0.25) is 0 Å². The summed E-state index contributed by atoms with van der Waals surface area (Å²) in [5, 5.41) is 21.0. The van der Waals surface area contributed by atoms with Crippen molar-refractivity contribution in [3.8, 4) is 6.07 Å². The molecule has 1 heterocycles. The normalized spacial score (nSPS) is 19.4. The third kappa shape index (κ3) is 3.95. The van der Waals surface area contributed by atoms with Crippen molar-refractivity contribution in [2.24, 2.45) is 5.92 Å². The molecule has 2 rings (SSSR count). The minimum absolute atomic E-state index is 0.0756. The lowest BCUT2D eigenvalue weighted by Crippen LogP contribution is -2.47. The molecule has 1 saturated heterocycles. The Morgan fingerprint density at radius 1 is 1.64 bits per heavy atom. The third-order valence-electron chi connectivity index (χ3n) is 4.04. The molecule has 6 heteroatoms. The lowest BCUT2D eigenvalue weighted by Gasteiger charge is -2.34. The maximum Gasteiger partial charge on any atom is 0.317 e. The van der Waals surface area contributed by atoms with E-state index in [1.165, 1.54) is 12.1 Å². The molecule has 22 heavy (non-hydrogen) atoms. The van der Waals surface area contributed by atoms with E-state index in [1.54, 1.807) is 11.8 Å². The smallest absolute Gasteiger partial charge is 0.317 e. The molecule has 2 amide bonds. The van der Waals surface area contributed by atoms with Gasteiger partial charge in [-0.25, -0.2) is 9.18 Å². The molecule has 1 aromatic rings. The van der Waals surface area contributed by atoms with Gasteiger partial charge in [0.2, 0.25) is 0 Å². The third-order valence-corrected chi connectivity index (χ3v) is 4.04. The average molecular weight is 305 g/mol. The first-order valence-electron chi connectivity index (χ1n) is 7.40. The van der Waals surface area contributed by atoms with Crippen LogP contribution in [0.5, 0.6) is 0 Å². The van der Waals surface area contributed by atoms with Crippen molar-refractivity contribution in [1.29, 1.82) is 5.26 Å². The number of carbonyl (C=O) groups is 1. The van der Waals surface area contributed by atoms with Crippen LogP contribution in [0.25, 0.3) is 0 Å². The molecule has 0 saturated carbocycles. The van der Waals surface area contributed by atoms with Gasteiger partial charge >= 0.3 is 6.03 Å². The van der Waals surface area contributed by atoms with E-state index < -0.39 is 11.9 Å². The molecule has 0 radical (unpaired) electrons. The molecule has 2 unspecified atom stereocenters. The number of nitriles is 1. The maximum absolute atomic E-state index is 13.7. The van der Waals surface area contributed by atoms with Gasteiger partial charge in [-0.15, -0.1) is 0 Å². The summed E-state index contributed by atoms with van der Waals surface area (Å²) in [7, 11) is 0. The predicted octanol–water partition coefficient (Wildman–Crippen LogP) is 2.00. The SMILES string of the molecule is CC(O)C1CCCN(C(=O)NCc2ccc(C#N)cc2F)C1. The van der Waals surface area contributed by atoms with E-state index >= 15 is 0 Å². The molecule has 0 spiro atoms. The predicted molar refractivity (Wildman–Crippen MR) is 79.3 cm³/mol. The largest absolute Gasteiger partial charge is 0.393 e. The molecule has 0 aromatic heterocycles. The van der Waals surface area contributed by atoms with Gasteiger partial charge in [0.25, 0.3) is 0 Å². The number of aliphatic hydroxyl groups excluding tert-OH is 1. The highest BCUT2D eigenvalue weighted by Gasteiger charge is 2.26. The van der Waals surface area contributed by atoms with E-state index in [1.807, 2.05) is 6.07 Å². The number of piperidine rings is 1. The first kappa shape index (κ1) is 16.2. The molecular formula is C16H20FN3O2. The highest BCUT2D eigenvalue weighted by atomic mass is 19.1. The fourth-order valence-corrected chi connectivity index (χ4v) is 2.63. The number of nitrogens with one attached hydrogen (secondary N) is 1. The Bertz CT molecular complexity index is 583. The summed E-state index contributed by atoms with van der Waals surface area (Å²) < 4.78 is 13.7. The molecular weight excluding hydrogens is 285 g/mol. The number of aliphatic hydroxyl groups is 1. The summed E-state index contributed by atoms with van der Waals surface area (Å²) in [6.45, 7) is 2.97. The van der Waals surface area contributed by atoms with Gasteiger partial charge in [-0.2, -0.15) is 5.26 Å². The Balaban J connectivity index is 1.91. The number of halogens is 1. The number of carbonyl (C=O) groups excluding carboxylic acids is 1. The summed E-state index contributed by atoms with van der Waals surface area (Å²) in [6.07, 6.45) is 1.33. The van der Waals surface area contributed by atoms with Crippen LogP contribution < -0.4 is 5.32 Å². The van der Waals surface area contributed by atoms with Gasteiger partial charge in [0, 0.05) is 31.1 Å². The van der Waals surface area contributed by atoms with E-state index in [0.29, 0.717) is 18.7 Å². The Morgan fingerprint density at radius 3 is 3.05 bits per heavy atom. The van der Waals surface area contributed by atoms with Gasteiger partial charge in [-0.05, 0) is 31.9 Å². The molecule has 2 atom stereocenters. The zero-order valence-electron chi connectivity index (χ0n) is 12.6. The van der Waals surface area contributed by atoms with Crippen LogP contribution in [0.2, 0.25) is 0 Å². The molecule has 1 aliphatic rings. The molecule has 1 aliphatic heterocycles. The van der Waals surface area contributed by atoms with Crippen molar-refractivity contribution in [2.45, 2.75) is 32.4 Å². The quantitative estimate of drug-likeness (QED) is 0.896. The number of likely N-dealkylation sites (tertiary alicyclic amines) is 1. The van der Waals surface area contributed by atoms with Crippen LogP contribution >= 0.6 is 0 Å². The molecule has 0 bridgehead atoms. The molecule has 0 aliphatic carbocycles. The van der Waals surface area contributed by atoms with Crippen LogP contribution in [0.4, 0.5) is 9.18 Å². The number of urea groups is 1. The standard InChI is InChI=1S/C16H20FN3O2/c1-11(21)14-3-2-6-20(10-14)16(22)19-9-13-5-4-12(8-18)7-15(13)17/h4-5,7,11,14,21H,2-3,6,9-10H2,1H3,(H,19,22). The lowest BCUT2D eigenvalue weighted by atomic mass is 9.94. The Hall–Kier alpha value is -2.13. The van der Waals surface area contributed by atoms with Crippen LogP contribution in [0.3, 0.4) is 0 Å². The first-order valence-corrected chi connectivity index (χ1v) is 7.40. The summed E-state index contributed by atoms with van der Waals surface area (Å²) in [5.74, 6) is -0.411. The summed E-state index contributed by atoms with van der Waals surface area (Å²) in [6, 6.07) is 5.80. The van der Waals surface area contributed by atoms with Gasteiger partial charge < -0.3 is 15.3 Å². The fourth-order valence-electron chi connectivity index (χ4n) is 2.63. The highest BCUT2D eigenvalue weighted by molar-refractivity contribution is 5.74. The maximum atomic E-state index is 13.7. The van der Waals surface area contributed by atoms with E-state index in [2.05, 4.69) is 5.32 Å². The highest BCUT2D eigenvalue weighted by Crippen LogP contribution is 2.19. The minimum Gasteiger partial charge on any atom is -0.393 e. The van der Waals surface area contributed by atoms with Crippen molar-refractivity contribution in [2.75, 3.05) is 13.1 Å². The van der Waals surface area contributed by atoms with Crippen molar-refractivity contribution in [3.63, 3.8) is 0 Å².